The van der Waals surface area contributed by atoms with Crippen molar-refractivity contribution in [2.24, 2.45) is 5.92 Å². The lowest BCUT2D eigenvalue weighted by atomic mass is 10.1. The lowest BCUT2D eigenvalue weighted by molar-refractivity contribution is 0.568. The standard InChI is InChI=1S/C16H27N3/c1-12(2)8-10-19(15-5-6-15)16-11-14(7-9-18-16)13(3)17-4/h7,9,11-13,15,17H,5-6,8,10H2,1-4H3. The van der Waals surface area contributed by atoms with Gasteiger partial charge in [0.1, 0.15) is 5.82 Å². The highest BCUT2D eigenvalue weighted by Crippen LogP contribution is 2.32. The highest BCUT2D eigenvalue weighted by Gasteiger charge is 2.30. The van der Waals surface area contributed by atoms with E-state index in [0.29, 0.717) is 6.04 Å². The zero-order valence-electron chi connectivity index (χ0n) is 12.7. The first kappa shape index (κ1) is 14.3. The van der Waals surface area contributed by atoms with Gasteiger partial charge < -0.3 is 10.2 Å². The van der Waals surface area contributed by atoms with Crippen LogP contribution in [0.3, 0.4) is 0 Å². The van der Waals surface area contributed by atoms with Crippen LogP contribution in [0.5, 0.6) is 0 Å². The van der Waals surface area contributed by atoms with E-state index in [1.165, 1.54) is 24.8 Å². The molecule has 0 radical (unpaired) electrons. The monoisotopic (exact) mass is 261 g/mol. The van der Waals surface area contributed by atoms with Crippen molar-refractivity contribution in [2.45, 2.75) is 52.1 Å². The molecular formula is C16H27N3. The van der Waals surface area contributed by atoms with Crippen molar-refractivity contribution in [2.75, 3.05) is 18.5 Å². The van der Waals surface area contributed by atoms with Crippen LogP contribution in [0.15, 0.2) is 18.3 Å². The Balaban J connectivity index is 2.12. The van der Waals surface area contributed by atoms with Gasteiger partial charge in [-0.15, -0.1) is 0 Å². The molecule has 0 aliphatic heterocycles. The minimum Gasteiger partial charge on any atom is -0.354 e. The topological polar surface area (TPSA) is 28.2 Å². The Kier molecular flexibility index (Phi) is 4.81. The first-order chi connectivity index (χ1) is 9.11. The Hall–Kier alpha value is -1.09. The molecular weight excluding hydrogens is 234 g/mol. The molecule has 1 atom stereocenters. The molecule has 1 aromatic rings. The fourth-order valence-electron chi connectivity index (χ4n) is 2.29. The van der Waals surface area contributed by atoms with E-state index in [1.54, 1.807) is 0 Å². The predicted octanol–water partition coefficient (Wildman–Crippen LogP) is 3.38. The number of nitrogens with one attached hydrogen (secondary N) is 1. The van der Waals surface area contributed by atoms with Gasteiger partial charge in [-0.25, -0.2) is 4.98 Å². The normalized spacial score (nSPS) is 16.7. The van der Waals surface area contributed by atoms with Crippen LogP contribution in [0.25, 0.3) is 0 Å². The van der Waals surface area contributed by atoms with Crippen LogP contribution >= 0.6 is 0 Å². The molecule has 19 heavy (non-hydrogen) atoms. The van der Waals surface area contributed by atoms with Crippen LogP contribution < -0.4 is 10.2 Å². The van der Waals surface area contributed by atoms with Crippen molar-refractivity contribution < 1.29 is 0 Å². The van der Waals surface area contributed by atoms with Crippen molar-refractivity contribution in [3.8, 4) is 0 Å². The molecule has 3 nitrogen and oxygen atoms in total. The van der Waals surface area contributed by atoms with E-state index in [9.17, 15) is 0 Å². The average Bonchev–Trinajstić information content (AvgIpc) is 3.23. The lowest BCUT2D eigenvalue weighted by Gasteiger charge is -2.25. The molecule has 1 heterocycles. The average molecular weight is 261 g/mol. The summed E-state index contributed by atoms with van der Waals surface area (Å²) in [4.78, 5) is 7.10. The molecule has 0 saturated heterocycles. The van der Waals surface area contributed by atoms with Crippen molar-refractivity contribution in [1.29, 1.82) is 0 Å². The van der Waals surface area contributed by atoms with E-state index < -0.39 is 0 Å². The van der Waals surface area contributed by atoms with Crippen LogP contribution in [-0.2, 0) is 0 Å². The zero-order valence-corrected chi connectivity index (χ0v) is 12.7. The fourth-order valence-corrected chi connectivity index (χ4v) is 2.29. The Morgan fingerprint density at radius 2 is 2.11 bits per heavy atom. The maximum Gasteiger partial charge on any atom is 0.129 e. The summed E-state index contributed by atoms with van der Waals surface area (Å²) in [5.41, 5.74) is 1.32. The largest absolute Gasteiger partial charge is 0.354 e. The molecule has 0 spiro atoms. The number of pyridine rings is 1. The van der Waals surface area contributed by atoms with Crippen LogP contribution in [0.2, 0.25) is 0 Å². The molecule has 2 rings (SSSR count). The number of hydrogen-bond donors (Lipinski definition) is 1. The Morgan fingerprint density at radius 1 is 1.37 bits per heavy atom. The van der Waals surface area contributed by atoms with E-state index in [2.05, 4.69) is 48.1 Å². The number of rotatable bonds is 7. The Morgan fingerprint density at radius 3 is 2.68 bits per heavy atom. The Bertz CT molecular complexity index is 399. The second-order valence-corrected chi connectivity index (χ2v) is 6.06. The van der Waals surface area contributed by atoms with E-state index in [4.69, 9.17) is 0 Å². The molecule has 1 unspecified atom stereocenters. The van der Waals surface area contributed by atoms with E-state index in [-0.39, 0.29) is 0 Å². The first-order valence-electron chi connectivity index (χ1n) is 7.51. The number of nitrogens with zero attached hydrogens (tertiary/aromatic N) is 2. The van der Waals surface area contributed by atoms with Crippen molar-refractivity contribution in [3.63, 3.8) is 0 Å². The zero-order chi connectivity index (χ0) is 13.8. The smallest absolute Gasteiger partial charge is 0.129 e. The van der Waals surface area contributed by atoms with Gasteiger partial charge in [-0.05, 0) is 56.8 Å². The lowest BCUT2D eigenvalue weighted by Crippen LogP contribution is -2.29. The van der Waals surface area contributed by atoms with Gasteiger partial charge in [0, 0.05) is 24.8 Å². The van der Waals surface area contributed by atoms with Gasteiger partial charge >= 0.3 is 0 Å². The maximum atomic E-state index is 4.59. The molecule has 1 aliphatic carbocycles. The second kappa shape index (κ2) is 6.38. The summed E-state index contributed by atoms with van der Waals surface area (Å²) in [5, 5.41) is 3.30. The van der Waals surface area contributed by atoms with Crippen LogP contribution in [0.4, 0.5) is 5.82 Å². The molecule has 0 aromatic carbocycles. The number of anilines is 1. The van der Waals surface area contributed by atoms with Crippen molar-refractivity contribution in [1.82, 2.24) is 10.3 Å². The third-order valence-corrected chi connectivity index (χ3v) is 3.93. The maximum absolute atomic E-state index is 4.59. The molecule has 106 valence electrons. The van der Waals surface area contributed by atoms with E-state index in [1.807, 2.05) is 13.2 Å². The van der Waals surface area contributed by atoms with Crippen LogP contribution in [0.1, 0.15) is 51.6 Å². The highest BCUT2D eigenvalue weighted by atomic mass is 15.2. The molecule has 1 fully saturated rings. The SMILES string of the molecule is CNC(C)c1ccnc(N(CCC(C)C)C2CC2)c1. The third-order valence-electron chi connectivity index (χ3n) is 3.93. The molecule has 1 saturated carbocycles. The highest BCUT2D eigenvalue weighted by molar-refractivity contribution is 5.44. The quantitative estimate of drug-likeness (QED) is 0.815. The molecule has 0 amide bonds. The van der Waals surface area contributed by atoms with E-state index in [0.717, 1.165) is 24.3 Å². The van der Waals surface area contributed by atoms with Gasteiger partial charge in [0.25, 0.3) is 0 Å². The Labute approximate surface area is 117 Å². The molecule has 1 aromatic heterocycles. The van der Waals surface area contributed by atoms with Crippen LogP contribution in [-0.4, -0.2) is 24.6 Å². The number of hydrogen-bond acceptors (Lipinski definition) is 3. The fraction of sp³-hybridized carbons (Fsp3) is 0.688. The minimum absolute atomic E-state index is 0.382. The summed E-state index contributed by atoms with van der Waals surface area (Å²) in [6, 6.07) is 5.47. The summed E-state index contributed by atoms with van der Waals surface area (Å²) < 4.78 is 0. The molecule has 1 N–H and O–H groups in total. The second-order valence-electron chi connectivity index (χ2n) is 6.06. The molecule has 1 aliphatic rings. The van der Waals surface area contributed by atoms with Gasteiger partial charge in [-0.2, -0.15) is 0 Å². The molecule has 3 heteroatoms. The summed E-state index contributed by atoms with van der Waals surface area (Å²) in [7, 11) is 2.00. The van der Waals surface area contributed by atoms with Gasteiger partial charge in [-0.1, -0.05) is 13.8 Å². The third kappa shape index (κ3) is 3.93. The molecule has 0 bridgehead atoms. The van der Waals surface area contributed by atoms with Crippen molar-refractivity contribution >= 4 is 5.82 Å². The van der Waals surface area contributed by atoms with Gasteiger partial charge in [0.05, 0.1) is 0 Å². The summed E-state index contributed by atoms with van der Waals surface area (Å²) >= 11 is 0. The summed E-state index contributed by atoms with van der Waals surface area (Å²) in [6.45, 7) is 7.90. The van der Waals surface area contributed by atoms with Crippen molar-refractivity contribution in [3.05, 3.63) is 23.9 Å². The first-order valence-corrected chi connectivity index (χ1v) is 7.51. The van der Waals surface area contributed by atoms with Gasteiger partial charge in [-0.3, -0.25) is 0 Å². The number of aromatic nitrogens is 1. The summed E-state index contributed by atoms with van der Waals surface area (Å²) in [6.07, 6.45) is 5.84. The summed E-state index contributed by atoms with van der Waals surface area (Å²) in [5.74, 6) is 1.91. The minimum atomic E-state index is 0.382. The van der Waals surface area contributed by atoms with Gasteiger partial charge in [0.15, 0.2) is 0 Å². The van der Waals surface area contributed by atoms with Crippen LogP contribution in [0, 0.1) is 5.92 Å². The van der Waals surface area contributed by atoms with Gasteiger partial charge in [0.2, 0.25) is 0 Å². The predicted molar refractivity (Wildman–Crippen MR) is 81.5 cm³/mol. The van der Waals surface area contributed by atoms with E-state index >= 15 is 0 Å².